The molecule has 0 fully saturated rings. The van der Waals surface area contributed by atoms with E-state index < -0.39 is 18.1 Å². The number of benzene rings is 1. The first-order valence-electron chi connectivity index (χ1n) is 6.62. The molecule has 1 aromatic carbocycles. The molecule has 0 radical (unpaired) electrons. The normalized spacial score (nSPS) is 14.2. The van der Waals surface area contributed by atoms with E-state index in [4.69, 9.17) is 0 Å². The van der Waals surface area contributed by atoms with Gasteiger partial charge in [0.15, 0.2) is 0 Å². The second-order valence-electron chi connectivity index (χ2n) is 5.16. The van der Waals surface area contributed by atoms with Gasteiger partial charge in [-0.05, 0) is 24.1 Å². The Morgan fingerprint density at radius 2 is 2.10 bits per heavy atom. The van der Waals surface area contributed by atoms with Gasteiger partial charge >= 0.3 is 5.97 Å². The number of methoxy groups -OCH3 is 1. The van der Waals surface area contributed by atoms with Crippen molar-refractivity contribution >= 4 is 5.97 Å². The number of esters is 1. The average Bonchev–Trinajstić information content (AvgIpc) is 2.39. The summed E-state index contributed by atoms with van der Waals surface area (Å²) in [5.41, 5.74) is 1.04. The summed E-state index contributed by atoms with van der Waals surface area (Å²) in [7, 11) is 1.31. The number of nitrogens with one attached hydrogen (secondary N) is 1. The predicted octanol–water partition coefficient (Wildman–Crippen LogP) is 2.10. The number of aliphatic hydroxyl groups excluding tert-OH is 1. The number of ether oxygens (including phenoxy) is 1. The van der Waals surface area contributed by atoms with E-state index in [0.29, 0.717) is 11.1 Å². The number of hydrogen-bond donors (Lipinski definition) is 2. The Morgan fingerprint density at radius 1 is 1.45 bits per heavy atom. The van der Waals surface area contributed by atoms with Crippen LogP contribution in [-0.2, 0) is 9.53 Å². The van der Waals surface area contributed by atoms with E-state index in [-0.39, 0.29) is 18.3 Å². The van der Waals surface area contributed by atoms with Gasteiger partial charge in [0, 0.05) is 12.1 Å². The molecule has 0 bridgehead atoms. The third kappa shape index (κ3) is 4.58. The SMILES string of the molecule is COC(=O)CC(NC(C)C)C(O)c1ccc(F)c(C)c1. The molecule has 2 N–H and O–H groups in total. The molecule has 1 aromatic rings. The van der Waals surface area contributed by atoms with Crippen molar-refractivity contribution in [1.29, 1.82) is 0 Å². The Kier molecular flexibility index (Phi) is 6.10. The van der Waals surface area contributed by atoms with Gasteiger partial charge in [-0.2, -0.15) is 0 Å². The van der Waals surface area contributed by atoms with E-state index in [1.54, 1.807) is 13.0 Å². The molecule has 0 heterocycles. The van der Waals surface area contributed by atoms with Gasteiger partial charge in [0.1, 0.15) is 5.82 Å². The maximum atomic E-state index is 13.3. The van der Waals surface area contributed by atoms with E-state index in [1.807, 2.05) is 13.8 Å². The van der Waals surface area contributed by atoms with Gasteiger partial charge in [-0.25, -0.2) is 4.39 Å². The molecule has 0 spiro atoms. The van der Waals surface area contributed by atoms with E-state index >= 15 is 0 Å². The summed E-state index contributed by atoms with van der Waals surface area (Å²) in [6, 6.07) is 4.05. The first kappa shape index (κ1) is 16.6. The second-order valence-corrected chi connectivity index (χ2v) is 5.16. The molecule has 0 amide bonds. The van der Waals surface area contributed by atoms with Crippen LogP contribution in [0.5, 0.6) is 0 Å². The first-order valence-corrected chi connectivity index (χ1v) is 6.62. The lowest BCUT2D eigenvalue weighted by Crippen LogP contribution is -2.41. The molecule has 0 aliphatic carbocycles. The average molecular weight is 283 g/mol. The Balaban J connectivity index is 2.93. The molecule has 5 heteroatoms. The highest BCUT2D eigenvalue weighted by molar-refractivity contribution is 5.70. The zero-order valence-electron chi connectivity index (χ0n) is 12.3. The molecule has 112 valence electrons. The summed E-state index contributed by atoms with van der Waals surface area (Å²) < 4.78 is 17.9. The van der Waals surface area contributed by atoms with Crippen molar-refractivity contribution in [3.05, 3.63) is 35.1 Å². The fourth-order valence-corrected chi connectivity index (χ4v) is 2.04. The largest absolute Gasteiger partial charge is 0.469 e. The quantitative estimate of drug-likeness (QED) is 0.785. The molecule has 2 unspecified atom stereocenters. The van der Waals surface area contributed by atoms with E-state index in [9.17, 15) is 14.3 Å². The number of carbonyl (C=O) groups excluding carboxylic acids is 1. The van der Waals surface area contributed by atoms with Crippen LogP contribution in [0, 0.1) is 12.7 Å². The Hall–Kier alpha value is -1.46. The molecule has 20 heavy (non-hydrogen) atoms. The maximum absolute atomic E-state index is 13.3. The highest BCUT2D eigenvalue weighted by Crippen LogP contribution is 2.22. The molecular formula is C15H22FNO3. The summed E-state index contributed by atoms with van der Waals surface area (Å²) in [6.07, 6.45) is -0.859. The fraction of sp³-hybridized carbons (Fsp3) is 0.533. The summed E-state index contributed by atoms with van der Waals surface area (Å²) in [5, 5.41) is 13.5. The van der Waals surface area contributed by atoms with Crippen LogP contribution in [0.25, 0.3) is 0 Å². The van der Waals surface area contributed by atoms with E-state index in [0.717, 1.165) is 0 Å². The molecule has 0 aliphatic heterocycles. The van der Waals surface area contributed by atoms with Crippen molar-refractivity contribution in [1.82, 2.24) is 5.32 Å². The number of hydrogen-bond acceptors (Lipinski definition) is 4. The topological polar surface area (TPSA) is 58.6 Å². The monoisotopic (exact) mass is 283 g/mol. The number of carbonyl (C=O) groups is 1. The number of aryl methyl sites for hydroxylation is 1. The van der Waals surface area contributed by atoms with Crippen LogP contribution >= 0.6 is 0 Å². The van der Waals surface area contributed by atoms with Crippen LogP contribution in [0.2, 0.25) is 0 Å². The zero-order valence-corrected chi connectivity index (χ0v) is 12.3. The molecule has 0 aromatic heterocycles. The smallest absolute Gasteiger partial charge is 0.307 e. The maximum Gasteiger partial charge on any atom is 0.307 e. The minimum atomic E-state index is -0.907. The van der Waals surface area contributed by atoms with Gasteiger partial charge in [0.25, 0.3) is 0 Å². The lowest BCUT2D eigenvalue weighted by molar-refractivity contribution is -0.142. The third-order valence-corrected chi connectivity index (χ3v) is 3.07. The molecular weight excluding hydrogens is 261 g/mol. The number of rotatable bonds is 6. The van der Waals surface area contributed by atoms with Crippen molar-refractivity contribution in [3.63, 3.8) is 0 Å². The van der Waals surface area contributed by atoms with Crippen LogP contribution < -0.4 is 5.32 Å². The third-order valence-electron chi connectivity index (χ3n) is 3.07. The van der Waals surface area contributed by atoms with Crippen LogP contribution in [0.1, 0.15) is 37.5 Å². The lowest BCUT2D eigenvalue weighted by Gasteiger charge is -2.26. The van der Waals surface area contributed by atoms with Gasteiger partial charge in [-0.15, -0.1) is 0 Å². The highest BCUT2D eigenvalue weighted by Gasteiger charge is 2.25. The van der Waals surface area contributed by atoms with Gasteiger partial charge in [-0.3, -0.25) is 4.79 Å². The van der Waals surface area contributed by atoms with E-state index in [1.165, 1.54) is 19.2 Å². The molecule has 4 nitrogen and oxygen atoms in total. The van der Waals surface area contributed by atoms with Crippen molar-refractivity contribution in [3.8, 4) is 0 Å². The number of aliphatic hydroxyl groups is 1. The highest BCUT2D eigenvalue weighted by atomic mass is 19.1. The molecule has 1 rings (SSSR count). The fourth-order valence-electron chi connectivity index (χ4n) is 2.04. The Labute approximate surface area is 119 Å². The van der Waals surface area contributed by atoms with Crippen molar-refractivity contribution in [2.45, 2.75) is 45.4 Å². The predicted molar refractivity (Wildman–Crippen MR) is 74.8 cm³/mol. The standard InChI is InChI=1S/C15H22FNO3/c1-9(2)17-13(8-14(18)20-4)15(19)11-5-6-12(16)10(3)7-11/h5-7,9,13,15,17,19H,8H2,1-4H3. The van der Waals surface area contributed by atoms with Gasteiger partial charge in [-0.1, -0.05) is 26.0 Å². The lowest BCUT2D eigenvalue weighted by atomic mass is 9.97. The summed E-state index contributed by atoms with van der Waals surface area (Å²) in [4.78, 5) is 11.4. The summed E-state index contributed by atoms with van der Waals surface area (Å²) >= 11 is 0. The van der Waals surface area contributed by atoms with Crippen LogP contribution in [0.15, 0.2) is 18.2 Å². The Bertz CT molecular complexity index is 462. The summed E-state index contributed by atoms with van der Waals surface area (Å²) in [6.45, 7) is 5.48. The van der Waals surface area contributed by atoms with Gasteiger partial charge < -0.3 is 15.2 Å². The molecule has 0 aliphatic rings. The Morgan fingerprint density at radius 3 is 2.60 bits per heavy atom. The van der Waals surface area contributed by atoms with Crippen LogP contribution in [0.4, 0.5) is 4.39 Å². The van der Waals surface area contributed by atoms with Crippen molar-refractivity contribution in [2.75, 3.05) is 7.11 Å². The van der Waals surface area contributed by atoms with E-state index in [2.05, 4.69) is 10.1 Å². The van der Waals surface area contributed by atoms with Crippen LogP contribution in [0.3, 0.4) is 0 Å². The summed E-state index contributed by atoms with van der Waals surface area (Å²) in [5.74, 6) is -0.719. The molecule has 2 atom stereocenters. The van der Waals surface area contributed by atoms with Gasteiger partial charge in [0.05, 0.1) is 19.6 Å². The second kappa shape index (κ2) is 7.36. The number of halogens is 1. The zero-order chi connectivity index (χ0) is 15.3. The van der Waals surface area contributed by atoms with Crippen LogP contribution in [-0.4, -0.2) is 30.3 Å². The van der Waals surface area contributed by atoms with Crippen molar-refractivity contribution in [2.24, 2.45) is 0 Å². The first-order chi connectivity index (χ1) is 9.35. The van der Waals surface area contributed by atoms with Gasteiger partial charge in [0.2, 0.25) is 0 Å². The van der Waals surface area contributed by atoms with Crippen molar-refractivity contribution < 1.29 is 19.0 Å². The minimum absolute atomic E-state index is 0.0479. The molecule has 0 saturated heterocycles. The minimum Gasteiger partial charge on any atom is -0.469 e. The molecule has 0 saturated carbocycles.